The number of anilines is 2. The maximum absolute atomic E-state index is 13.9. The Labute approximate surface area is 178 Å². The van der Waals surface area contributed by atoms with E-state index < -0.39 is 0 Å². The van der Waals surface area contributed by atoms with Gasteiger partial charge in [-0.05, 0) is 29.3 Å². The van der Waals surface area contributed by atoms with Crippen molar-refractivity contribution in [2.24, 2.45) is 0 Å². The number of benzene rings is 2. The number of rotatable bonds is 6. The van der Waals surface area contributed by atoms with Crippen LogP contribution in [0.4, 0.5) is 16.0 Å². The van der Waals surface area contributed by atoms with Gasteiger partial charge in [0.25, 0.3) is 0 Å². The largest absolute Gasteiger partial charge is 0.392 e. The van der Waals surface area contributed by atoms with Gasteiger partial charge in [0.2, 0.25) is 0 Å². The molecule has 0 unspecified atom stereocenters. The van der Waals surface area contributed by atoms with Crippen molar-refractivity contribution in [1.29, 1.82) is 5.26 Å². The molecule has 0 bridgehead atoms. The number of nitrogens with one attached hydrogen (secondary N) is 1. The van der Waals surface area contributed by atoms with Crippen molar-refractivity contribution in [2.45, 2.75) is 13.0 Å². The zero-order valence-corrected chi connectivity index (χ0v) is 16.5. The van der Waals surface area contributed by atoms with Gasteiger partial charge in [-0.3, -0.25) is 4.98 Å². The third-order valence-corrected chi connectivity index (χ3v) is 4.99. The topological polar surface area (TPSA) is 121 Å². The SMILES string of the molecule is N#Cc1c(N)ncnc1NCCc1nc2ccc(F)cc2c(CO)c1-c1ccccc1. The van der Waals surface area contributed by atoms with Crippen LogP contribution in [-0.4, -0.2) is 26.6 Å². The minimum atomic E-state index is -0.386. The van der Waals surface area contributed by atoms with Gasteiger partial charge in [-0.2, -0.15) is 5.26 Å². The van der Waals surface area contributed by atoms with E-state index in [-0.39, 0.29) is 23.8 Å². The molecule has 0 aliphatic carbocycles. The zero-order chi connectivity index (χ0) is 21.8. The van der Waals surface area contributed by atoms with Gasteiger partial charge in [-0.15, -0.1) is 0 Å². The van der Waals surface area contributed by atoms with Crippen LogP contribution in [0.15, 0.2) is 54.9 Å². The molecule has 0 radical (unpaired) electrons. The van der Waals surface area contributed by atoms with E-state index in [1.54, 1.807) is 6.07 Å². The van der Waals surface area contributed by atoms with E-state index in [0.29, 0.717) is 35.2 Å². The minimum absolute atomic E-state index is 0.110. The highest BCUT2D eigenvalue weighted by Gasteiger charge is 2.17. The molecule has 2 aromatic carbocycles. The number of nitrogens with two attached hydrogens (primary N) is 1. The van der Waals surface area contributed by atoms with Crippen LogP contribution >= 0.6 is 0 Å². The van der Waals surface area contributed by atoms with Crippen LogP contribution in [0.1, 0.15) is 16.8 Å². The van der Waals surface area contributed by atoms with Crippen molar-refractivity contribution in [1.82, 2.24) is 15.0 Å². The lowest BCUT2D eigenvalue weighted by Crippen LogP contribution is -2.12. The fraction of sp³-hybridized carbons (Fsp3) is 0.130. The number of nitrogens with zero attached hydrogens (tertiary/aromatic N) is 4. The number of nitriles is 1. The number of pyridine rings is 1. The first-order valence-electron chi connectivity index (χ1n) is 9.64. The second-order valence-electron chi connectivity index (χ2n) is 6.87. The van der Waals surface area contributed by atoms with Gasteiger partial charge in [0.05, 0.1) is 17.8 Å². The van der Waals surface area contributed by atoms with Gasteiger partial charge >= 0.3 is 0 Å². The van der Waals surface area contributed by atoms with Crippen LogP contribution in [-0.2, 0) is 13.0 Å². The predicted octanol–water partition coefficient (Wildman–Crippen LogP) is 3.43. The van der Waals surface area contributed by atoms with E-state index in [1.807, 2.05) is 36.4 Å². The molecular formula is C23H19FN6O. The fourth-order valence-electron chi connectivity index (χ4n) is 3.59. The third-order valence-electron chi connectivity index (χ3n) is 4.99. The van der Waals surface area contributed by atoms with Gasteiger partial charge in [0, 0.05) is 23.9 Å². The first-order chi connectivity index (χ1) is 15.1. The monoisotopic (exact) mass is 414 g/mol. The van der Waals surface area contributed by atoms with Gasteiger partial charge in [-0.1, -0.05) is 30.3 Å². The Morgan fingerprint density at radius 3 is 2.68 bits per heavy atom. The van der Waals surface area contributed by atoms with Crippen molar-refractivity contribution in [3.05, 3.63) is 77.5 Å². The molecule has 154 valence electrons. The number of aliphatic hydroxyl groups excluding tert-OH is 1. The number of fused-ring (bicyclic) bond motifs is 1. The molecule has 4 aromatic rings. The van der Waals surface area contributed by atoms with E-state index in [4.69, 9.17) is 10.7 Å². The smallest absolute Gasteiger partial charge is 0.149 e. The average molecular weight is 414 g/mol. The summed E-state index contributed by atoms with van der Waals surface area (Å²) >= 11 is 0. The highest BCUT2D eigenvalue weighted by Crippen LogP contribution is 2.33. The number of hydrogen-bond donors (Lipinski definition) is 3. The highest BCUT2D eigenvalue weighted by molar-refractivity contribution is 5.90. The number of aromatic nitrogens is 3. The molecule has 0 aliphatic heterocycles. The number of aliphatic hydroxyl groups is 1. The Kier molecular flexibility index (Phi) is 5.69. The summed E-state index contributed by atoms with van der Waals surface area (Å²) in [7, 11) is 0. The quantitative estimate of drug-likeness (QED) is 0.442. The molecule has 2 aromatic heterocycles. The highest BCUT2D eigenvalue weighted by atomic mass is 19.1. The molecule has 0 spiro atoms. The molecule has 4 rings (SSSR count). The van der Waals surface area contributed by atoms with Crippen molar-refractivity contribution >= 4 is 22.5 Å². The lowest BCUT2D eigenvalue weighted by Gasteiger charge is -2.17. The van der Waals surface area contributed by atoms with Gasteiger partial charge in [0.1, 0.15) is 35.4 Å². The van der Waals surface area contributed by atoms with Gasteiger partial charge in [0.15, 0.2) is 0 Å². The normalized spacial score (nSPS) is 10.7. The summed E-state index contributed by atoms with van der Waals surface area (Å²) in [5.41, 5.74) is 9.53. The summed E-state index contributed by atoms with van der Waals surface area (Å²) in [5.74, 6) is 0.0720. The Bertz CT molecular complexity index is 1290. The summed E-state index contributed by atoms with van der Waals surface area (Å²) in [6.45, 7) is 0.156. The molecule has 4 N–H and O–H groups in total. The van der Waals surface area contributed by atoms with Crippen LogP contribution in [0.25, 0.3) is 22.0 Å². The standard InChI is InChI=1S/C23H19FN6O/c24-15-6-7-19-16(10-15)18(12-31)21(14-4-2-1-3-5-14)20(30-19)8-9-27-23-17(11-25)22(26)28-13-29-23/h1-7,10,13,31H,8-9,12H2,(H3,26,27,28,29). The maximum atomic E-state index is 13.9. The van der Waals surface area contributed by atoms with E-state index >= 15 is 0 Å². The molecule has 2 heterocycles. The zero-order valence-electron chi connectivity index (χ0n) is 16.5. The Hall–Kier alpha value is -4.09. The molecule has 0 aliphatic rings. The lowest BCUT2D eigenvalue weighted by atomic mass is 9.93. The van der Waals surface area contributed by atoms with Crippen LogP contribution in [0.2, 0.25) is 0 Å². The molecule has 0 atom stereocenters. The summed E-state index contributed by atoms with van der Waals surface area (Å²) in [4.78, 5) is 12.7. The van der Waals surface area contributed by atoms with E-state index in [1.165, 1.54) is 18.5 Å². The molecule has 0 saturated carbocycles. The third kappa shape index (κ3) is 3.99. The number of halogens is 1. The fourth-order valence-corrected chi connectivity index (χ4v) is 3.59. The minimum Gasteiger partial charge on any atom is -0.392 e. The first kappa shape index (κ1) is 20.2. The molecule has 0 fully saturated rings. The molecule has 8 heteroatoms. The summed E-state index contributed by atoms with van der Waals surface area (Å²) in [5, 5.41) is 23.1. The van der Waals surface area contributed by atoms with Crippen molar-refractivity contribution in [3.8, 4) is 17.2 Å². The Morgan fingerprint density at radius 2 is 1.94 bits per heavy atom. The van der Waals surface area contributed by atoms with Crippen LogP contribution < -0.4 is 11.1 Å². The summed E-state index contributed by atoms with van der Waals surface area (Å²) < 4.78 is 13.9. The predicted molar refractivity (Wildman–Crippen MR) is 116 cm³/mol. The number of nitrogen functional groups attached to an aromatic ring is 1. The van der Waals surface area contributed by atoms with Crippen LogP contribution in [0.3, 0.4) is 0 Å². The molecule has 0 saturated heterocycles. The van der Waals surface area contributed by atoms with E-state index in [9.17, 15) is 14.8 Å². The molecular weight excluding hydrogens is 395 g/mol. The summed E-state index contributed by atoms with van der Waals surface area (Å²) in [6.07, 6.45) is 1.76. The second-order valence-corrected chi connectivity index (χ2v) is 6.87. The molecule has 7 nitrogen and oxygen atoms in total. The first-order valence-corrected chi connectivity index (χ1v) is 9.64. The van der Waals surface area contributed by atoms with Crippen LogP contribution in [0.5, 0.6) is 0 Å². The van der Waals surface area contributed by atoms with Crippen molar-refractivity contribution in [2.75, 3.05) is 17.6 Å². The second kappa shape index (κ2) is 8.73. The van der Waals surface area contributed by atoms with E-state index in [2.05, 4.69) is 15.3 Å². The van der Waals surface area contributed by atoms with Crippen molar-refractivity contribution < 1.29 is 9.50 Å². The van der Waals surface area contributed by atoms with Crippen LogP contribution in [0, 0.1) is 17.1 Å². The molecule has 31 heavy (non-hydrogen) atoms. The maximum Gasteiger partial charge on any atom is 0.149 e. The Balaban J connectivity index is 1.76. The van der Waals surface area contributed by atoms with Gasteiger partial charge < -0.3 is 16.2 Å². The molecule has 0 amide bonds. The van der Waals surface area contributed by atoms with Gasteiger partial charge in [-0.25, -0.2) is 14.4 Å². The number of hydrogen-bond acceptors (Lipinski definition) is 7. The lowest BCUT2D eigenvalue weighted by molar-refractivity contribution is 0.283. The summed E-state index contributed by atoms with van der Waals surface area (Å²) in [6, 6.07) is 15.9. The Morgan fingerprint density at radius 1 is 1.13 bits per heavy atom. The van der Waals surface area contributed by atoms with Crippen molar-refractivity contribution in [3.63, 3.8) is 0 Å². The average Bonchev–Trinajstić information content (AvgIpc) is 2.79. The van der Waals surface area contributed by atoms with E-state index in [0.717, 1.165) is 16.8 Å².